The van der Waals surface area contributed by atoms with E-state index in [9.17, 15) is 29.8 Å². The third-order valence-corrected chi connectivity index (χ3v) is 4.28. The number of aromatic hydroxyl groups is 2. The zero-order valence-electron chi connectivity index (χ0n) is 16.6. The van der Waals surface area contributed by atoms with Crippen LogP contribution in [-0.4, -0.2) is 63.9 Å². The second-order valence-corrected chi connectivity index (χ2v) is 6.72. The Morgan fingerprint density at radius 1 is 1.10 bits per heavy atom. The summed E-state index contributed by atoms with van der Waals surface area (Å²) in [5, 5.41) is 34.1. The number of carbonyl (C=O) groups is 3. The third kappa shape index (κ3) is 9.26. The number of benzene rings is 1. The van der Waals surface area contributed by atoms with Gasteiger partial charge in [-0.1, -0.05) is 6.07 Å². The van der Waals surface area contributed by atoms with E-state index in [4.69, 9.17) is 5.73 Å². The summed E-state index contributed by atoms with van der Waals surface area (Å²) in [7, 11) is 0. The molecule has 3 amide bonds. The topological polar surface area (TPSA) is 165 Å². The zero-order valence-corrected chi connectivity index (χ0v) is 16.6. The molecule has 0 radical (unpaired) electrons. The number of phenolic OH excluding ortho intramolecular Hbond substituents is 2. The first kappa shape index (κ1) is 24.2. The van der Waals surface area contributed by atoms with Crippen molar-refractivity contribution in [2.75, 3.05) is 19.6 Å². The van der Waals surface area contributed by atoms with Gasteiger partial charge in [-0.15, -0.1) is 0 Å². The summed E-state index contributed by atoms with van der Waals surface area (Å²) < 4.78 is 0. The Bertz CT molecular complexity index is 697. The highest BCUT2D eigenvalue weighted by Crippen LogP contribution is 2.27. The lowest BCUT2D eigenvalue weighted by Gasteiger charge is -2.14. The normalized spacial score (nSPS) is 11.6. The second-order valence-electron chi connectivity index (χ2n) is 6.72. The van der Waals surface area contributed by atoms with Crippen molar-refractivity contribution in [1.82, 2.24) is 15.7 Å². The van der Waals surface area contributed by atoms with E-state index in [1.165, 1.54) is 25.1 Å². The molecule has 0 bridgehead atoms. The molecule has 1 aromatic rings. The second kappa shape index (κ2) is 12.6. The van der Waals surface area contributed by atoms with Crippen molar-refractivity contribution >= 4 is 17.7 Å². The Kier molecular flexibility index (Phi) is 10.5. The lowest BCUT2D eigenvalue weighted by Crippen LogP contribution is -2.32. The van der Waals surface area contributed by atoms with E-state index >= 15 is 0 Å². The largest absolute Gasteiger partial charge is 0.504 e. The molecule has 7 N–H and O–H groups in total. The number of nitrogens with zero attached hydrogens (tertiary/aromatic N) is 1. The quantitative estimate of drug-likeness (QED) is 0.126. The van der Waals surface area contributed by atoms with Gasteiger partial charge in [0.2, 0.25) is 11.8 Å². The molecular formula is C19H30N4O6. The molecule has 0 heterocycles. The van der Waals surface area contributed by atoms with Crippen LogP contribution in [0.25, 0.3) is 0 Å². The molecule has 0 fully saturated rings. The van der Waals surface area contributed by atoms with Gasteiger partial charge in [0.15, 0.2) is 11.5 Å². The Hall–Kier alpha value is -2.85. The summed E-state index contributed by atoms with van der Waals surface area (Å²) >= 11 is 0. The summed E-state index contributed by atoms with van der Waals surface area (Å²) in [5.74, 6) is -2.03. The standard InChI is InChI=1S/C19H30N4O6/c1-13(24)23(29)12-9-17(26)21-10-3-5-14(20)6-4-11-22-19(28)15-7-2-8-16(25)18(15)27/h2,7-8,14,25,27,29H,3-6,9-12,20H2,1H3,(H,21,26)(H,22,28). The number of nitrogens with one attached hydrogen (secondary N) is 2. The van der Waals surface area contributed by atoms with Crippen LogP contribution in [0.2, 0.25) is 0 Å². The predicted octanol–water partition coefficient (Wildman–Crippen LogP) is 0.459. The lowest BCUT2D eigenvalue weighted by atomic mass is 10.1. The minimum Gasteiger partial charge on any atom is -0.504 e. The maximum absolute atomic E-state index is 12.0. The number of carbonyl (C=O) groups excluding carboxylic acids is 3. The Morgan fingerprint density at radius 2 is 1.72 bits per heavy atom. The van der Waals surface area contributed by atoms with Crippen LogP contribution in [0.5, 0.6) is 11.5 Å². The van der Waals surface area contributed by atoms with Crippen LogP contribution >= 0.6 is 0 Å². The molecule has 1 unspecified atom stereocenters. The molecule has 1 rings (SSSR count). The molecule has 1 aromatic carbocycles. The first-order valence-electron chi connectivity index (χ1n) is 9.50. The predicted molar refractivity (Wildman–Crippen MR) is 105 cm³/mol. The number of hydrogen-bond acceptors (Lipinski definition) is 7. The van der Waals surface area contributed by atoms with Crippen LogP contribution in [0.3, 0.4) is 0 Å². The van der Waals surface area contributed by atoms with Crippen molar-refractivity contribution in [3.63, 3.8) is 0 Å². The molecule has 162 valence electrons. The highest BCUT2D eigenvalue weighted by molar-refractivity contribution is 5.97. The number of amides is 3. The van der Waals surface area contributed by atoms with Crippen molar-refractivity contribution in [2.45, 2.75) is 45.1 Å². The summed E-state index contributed by atoms with van der Waals surface area (Å²) in [6.07, 6.45) is 2.73. The molecular weight excluding hydrogens is 380 g/mol. The van der Waals surface area contributed by atoms with Gasteiger partial charge in [0.05, 0.1) is 12.1 Å². The van der Waals surface area contributed by atoms with Gasteiger partial charge in [0.1, 0.15) is 0 Å². The first-order valence-corrected chi connectivity index (χ1v) is 9.50. The maximum atomic E-state index is 12.0. The molecule has 0 saturated carbocycles. The molecule has 10 heteroatoms. The zero-order chi connectivity index (χ0) is 21.8. The van der Waals surface area contributed by atoms with E-state index < -0.39 is 17.6 Å². The van der Waals surface area contributed by atoms with Crippen molar-refractivity contribution < 1.29 is 29.8 Å². The number of nitrogens with two attached hydrogens (primary N) is 1. The Labute approximate surface area is 169 Å². The average Bonchev–Trinajstić information content (AvgIpc) is 2.68. The summed E-state index contributed by atoms with van der Waals surface area (Å²) in [6.45, 7) is 1.99. The van der Waals surface area contributed by atoms with Crippen LogP contribution < -0.4 is 16.4 Å². The minimum absolute atomic E-state index is 0.0117. The molecule has 29 heavy (non-hydrogen) atoms. The van der Waals surface area contributed by atoms with Crippen LogP contribution in [0.4, 0.5) is 0 Å². The fraction of sp³-hybridized carbons (Fsp3) is 0.526. The summed E-state index contributed by atoms with van der Waals surface area (Å²) in [6, 6.07) is 4.11. The minimum atomic E-state index is -0.515. The van der Waals surface area contributed by atoms with E-state index in [1.54, 1.807) is 0 Å². The number of para-hydroxylation sites is 1. The lowest BCUT2D eigenvalue weighted by molar-refractivity contribution is -0.163. The molecule has 0 aliphatic heterocycles. The third-order valence-electron chi connectivity index (χ3n) is 4.28. The van der Waals surface area contributed by atoms with E-state index in [2.05, 4.69) is 10.6 Å². The Morgan fingerprint density at radius 3 is 2.34 bits per heavy atom. The highest BCUT2D eigenvalue weighted by Gasteiger charge is 2.13. The Balaban J connectivity index is 2.11. The molecule has 0 spiro atoms. The van der Waals surface area contributed by atoms with Gasteiger partial charge >= 0.3 is 0 Å². The van der Waals surface area contributed by atoms with Gasteiger partial charge in [-0.05, 0) is 37.8 Å². The van der Waals surface area contributed by atoms with Gasteiger partial charge in [-0.25, -0.2) is 5.06 Å². The fourth-order valence-corrected chi connectivity index (χ4v) is 2.57. The summed E-state index contributed by atoms with van der Waals surface area (Å²) in [5.41, 5.74) is 6.03. The molecule has 0 aliphatic carbocycles. The van der Waals surface area contributed by atoms with Crippen molar-refractivity contribution in [1.29, 1.82) is 0 Å². The van der Waals surface area contributed by atoms with Crippen molar-refractivity contribution in [2.24, 2.45) is 5.73 Å². The van der Waals surface area contributed by atoms with Gasteiger partial charge in [0, 0.05) is 32.5 Å². The van der Waals surface area contributed by atoms with Crippen molar-refractivity contribution in [3.8, 4) is 11.5 Å². The molecule has 0 aromatic heterocycles. The molecule has 1 atom stereocenters. The van der Waals surface area contributed by atoms with Gasteiger partial charge in [-0.3, -0.25) is 19.6 Å². The van der Waals surface area contributed by atoms with Crippen LogP contribution in [0, 0.1) is 0 Å². The number of phenols is 2. The average molecular weight is 410 g/mol. The molecule has 0 saturated heterocycles. The first-order chi connectivity index (χ1) is 13.7. The SMILES string of the molecule is CC(=O)N(O)CCC(=O)NCCCC(N)CCCNC(=O)c1cccc(O)c1O. The number of hydroxylamine groups is 2. The van der Waals surface area contributed by atoms with Crippen molar-refractivity contribution in [3.05, 3.63) is 23.8 Å². The smallest absolute Gasteiger partial charge is 0.255 e. The van der Waals surface area contributed by atoms with Gasteiger partial charge < -0.3 is 26.6 Å². The molecule has 10 nitrogen and oxygen atoms in total. The van der Waals surface area contributed by atoms with E-state index in [0.29, 0.717) is 43.8 Å². The van der Waals surface area contributed by atoms with Gasteiger partial charge in [-0.2, -0.15) is 0 Å². The maximum Gasteiger partial charge on any atom is 0.255 e. The number of hydrogen-bond donors (Lipinski definition) is 6. The highest BCUT2D eigenvalue weighted by atomic mass is 16.5. The van der Waals surface area contributed by atoms with Gasteiger partial charge in [0.25, 0.3) is 5.91 Å². The van der Waals surface area contributed by atoms with E-state index in [1.807, 2.05) is 0 Å². The monoisotopic (exact) mass is 410 g/mol. The van der Waals surface area contributed by atoms with E-state index in [0.717, 1.165) is 0 Å². The fourth-order valence-electron chi connectivity index (χ4n) is 2.57. The molecule has 0 aliphatic rings. The van der Waals surface area contributed by atoms with Crippen LogP contribution in [0.15, 0.2) is 18.2 Å². The van der Waals surface area contributed by atoms with Crippen LogP contribution in [-0.2, 0) is 9.59 Å². The van der Waals surface area contributed by atoms with Crippen LogP contribution in [0.1, 0.15) is 49.4 Å². The summed E-state index contributed by atoms with van der Waals surface area (Å²) in [4.78, 5) is 34.4. The number of rotatable bonds is 12. The van der Waals surface area contributed by atoms with E-state index in [-0.39, 0.29) is 36.2 Å².